The van der Waals surface area contributed by atoms with Gasteiger partial charge in [-0.15, -0.1) is 0 Å². The minimum absolute atomic E-state index is 0.152. The number of hydrogen-bond acceptors (Lipinski definition) is 1. The summed E-state index contributed by atoms with van der Waals surface area (Å²) in [6.45, 7) is 0. The predicted octanol–water partition coefficient (Wildman–Crippen LogP) is 4.41. The number of benzene rings is 2. The Morgan fingerprint density at radius 2 is 1.56 bits per heavy atom. The first-order chi connectivity index (χ1) is 8.54. The van der Waals surface area contributed by atoms with Crippen LogP contribution in [-0.4, -0.2) is 0 Å². The van der Waals surface area contributed by atoms with Crippen molar-refractivity contribution < 1.29 is 13.2 Å². The molecule has 0 heterocycles. The lowest BCUT2D eigenvalue weighted by Gasteiger charge is -2.09. The first-order valence-electron chi connectivity index (χ1n) is 4.88. The van der Waals surface area contributed by atoms with E-state index in [2.05, 4.69) is 15.9 Å². The first kappa shape index (κ1) is 12.7. The molecule has 1 nitrogen and oxygen atoms in total. The zero-order chi connectivity index (χ0) is 13.3. The highest BCUT2D eigenvalue weighted by molar-refractivity contribution is 9.10. The van der Waals surface area contributed by atoms with Crippen molar-refractivity contribution >= 4 is 15.9 Å². The molecule has 0 aliphatic carbocycles. The van der Waals surface area contributed by atoms with E-state index in [1.165, 1.54) is 12.1 Å². The van der Waals surface area contributed by atoms with Crippen molar-refractivity contribution in [1.29, 1.82) is 5.26 Å². The van der Waals surface area contributed by atoms with Gasteiger partial charge in [-0.25, -0.2) is 13.2 Å². The van der Waals surface area contributed by atoms with Gasteiger partial charge >= 0.3 is 0 Å². The largest absolute Gasteiger partial charge is 0.206 e. The van der Waals surface area contributed by atoms with Crippen molar-refractivity contribution in [3.63, 3.8) is 0 Å². The van der Waals surface area contributed by atoms with Gasteiger partial charge in [0.25, 0.3) is 0 Å². The van der Waals surface area contributed by atoms with E-state index < -0.39 is 23.0 Å². The lowest BCUT2D eigenvalue weighted by Crippen LogP contribution is -1.95. The lowest BCUT2D eigenvalue weighted by molar-refractivity contribution is 0.581. The van der Waals surface area contributed by atoms with Gasteiger partial charge in [0.05, 0.1) is 17.2 Å². The molecule has 0 fully saturated rings. The Hall–Kier alpha value is -1.80. The average Bonchev–Trinajstić information content (AvgIpc) is 2.31. The van der Waals surface area contributed by atoms with Crippen LogP contribution in [0.25, 0.3) is 11.1 Å². The van der Waals surface area contributed by atoms with Gasteiger partial charge in [-0.3, -0.25) is 0 Å². The number of halogens is 4. The quantitative estimate of drug-likeness (QED) is 0.765. The van der Waals surface area contributed by atoms with E-state index in [0.29, 0.717) is 0 Å². The molecule has 0 saturated heterocycles. The Balaban J connectivity index is 2.77. The molecule has 0 atom stereocenters. The Morgan fingerprint density at radius 3 is 2.06 bits per heavy atom. The number of hydrogen-bond donors (Lipinski definition) is 0. The number of nitrogens with zero attached hydrogens (tertiary/aromatic N) is 1. The second-order valence-electron chi connectivity index (χ2n) is 3.52. The van der Waals surface area contributed by atoms with Gasteiger partial charge in [0, 0.05) is 10.0 Å². The van der Waals surface area contributed by atoms with E-state index in [9.17, 15) is 13.2 Å². The maximum atomic E-state index is 13.8. The number of nitriles is 1. The molecule has 2 aromatic rings. The zero-order valence-corrected chi connectivity index (χ0v) is 10.4. The van der Waals surface area contributed by atoms with Crippen molar-refractivity contribution in [2.45, 2.75) is 0 Å². The van der Waals surface area contributed by atoms with Crippen LogP contribution in [-0.2, 0) is 0 Å². The molecule has 0 radical (unpaired) electrons. The van der Waals surface area contributed by atoms with Crippen LogP contribution in [0.4, 0.5) is 13.2 Å². The highest BCUT2D eigenvalue weighted by Crippen LogP contribution is 2.34. The number of rotatable bonds is 1. The monoisotopic (exact) mass is 311 g/mol. The minimum atomic E-state index is -0.975. The average molecular weight is 312 g/mol. The normalized spacial score (nSPS) is 10.2. The molecule has 0 aliphatic heterocycles. The molecular weight excluding hydrogens is 307 g/mol. The molecule has 2 aromatic carbocycles. The van der Waals surface area contributed by atoms with Gasteiger partial charge in [0.1, 0.15) is 17.5 Å². The third kappa shape index (κ3) is 2.12. The smallest absolute Gasteiger partial charge is 0.135 e. The molecule has 18 heavy (non-hydrogen) atoms. The zero-order valence-electron chi connectivity index (χ0n) is 8.85. The Kier molecular flexibility index (Phi) is 3.39. The van der Waals surface area contributed by atoms with E-state index in [-0.39, 0.29) is 15.6 Å². The molecule has 0 aliphatic rings. The highest BCUT2D eigenvalue weighted by atomic mass is 79.9. The van der Waals surface area contributed by atoms with Crippen LogP contribution in [0.1, 0.15) is 5.56 Å². The summed E-state index contributed by atoms with van der Waals surface area (Å²) in [4.78, 5) is 0. The van der Waals surface area contributed by atoms with Crippen LogP contribution in [0.3, 0.4) is 0 Å². The van der Waals surface area contributed by atoms with Gasteiger partial charge < -0.3 is 0 Å². The van der Waals surface area contributed by atoms with Crippen LogP contribution in [0.5, 0.6) is 0 Å². The van der Waals surface area contributed by atoms with Gasteiger partial charge in [-0.1, -0.05) is 22.0 Å². The summed E-state index contributed by atoms with van der Waals surface area (Å²) in [7, 11) is 0. The van der Waals surface area contributed by atoms with Gasteiger partial charge in [-0.05, 0) is 24.3 Å². The minimum Gasteiger partial charge on any atom is -0.206 e. The Bertz CT molecular complexity index is 619. The van der Waals surface area contributed by atoms with Crippen LogP contribution in [0.2, 0.25) is 0 Å². The maximum Gasteiger partial charge on any atom is 0.135 e. The van der Waals surface area contributed by atoms with Crippen LogP contribution < -0.4 is 0 Å². The molecule has 0 aromatic heterocycles. The summed E-state index contributed by atoms with van der Waals surface area (Å²) < 4.78 is 41.4. The molecule has 0 amide bonds. The highest BCUT2D eigenvalue weighted by Gasteiger charge is 2.19. The summed E-state index contributed by atoms with van der Waals surface area (Å²) >= 11 is 3.05. The second-order valence-corrected chi connectivity index (χ2v) is 4.38. The Labute approximate surface area is 110 Å². The topological polar surface area (TPSA) is 23.8 Å². The van der Waals surface area contributed by atoms with Gasteiger partial charge in [0.15, 0.2) is 0 Å². The molecule has 90 valence electrons. The van der Waals surface area contributed by atoms with Gasteiger partial charge in [-0.2, -0.15) is 5.26 Å². The molecule has 0 spiro atoms. The third-order valence-electron chi connectivity index (χ3n) is 2.38. The van der Waals surface area contributed by atoms with E-state index in [4.69, 9.17) is 5.26 Å². The van der Waals surface area contributed by atoms with Crippen molar-refractivity contribution in [2.24, 2.45) is 0 Å². The molecule has 5 heteroatoms. The van der Waals surface area contributed by atoms with Crippen molar-refractivity contribution in [2.75, 3.05) is 0 Å². The molecule has 2 rings (SSSR count). The van der Waals surface area contributed by atoms with Crippen molar-refractivity contribution in [3.05, 3.63) is 57.8 Å². The van der Waals surface area contributed by atoms with Crippen LogP contribution in [0.15, 0.2) is 34.8 Å². The fraction of sp³-hybridized carbons (Fsp3) is 0. The summed E-state index contributed by atoms with van der Waals surface area (Å²) in [5, 5.41) is 8.59. The fourth-order valence-corrected chi connectivity index (χ4v) is 2.15. The predicted molar refractivity (Wildman–Crippen MR) is 64.2 cm³/mol. The molecule has 0 saturated carbocycles. The maximum absolute atomic E-state index is 13.8. The van der Waals surface area contributed by atoms with Crippen LogP contribution in [0, 0.1) is 28.8 Å². The molecule has 0 unspecified atom stereocenters. The molecule has 0 bridgehead atoms. The summed E-state index contributed by atoms with van der Waals surface area (Å²) in [6.07, 6.45) is 0. The molecular formula is C13H5BrF3N. The SMILES string of the molecule is N#Cc1cc(F)c(-c2c(F)cccc2Br)c(F)c1. The third-order valence-corrected chi connectivity index (χ3v) is 3.04. The molecule has 0 N–H and O–H groups in total. The van der Waals surface area contributed by atoms with Gasteiger partial charge in [0.2, 0.25) is 0 Å². The summed E-state index contributed by atoms with van der Waals surface area (Å²) in [5.41, 5.74) is -0.836. The second kappa shape index (κ2) is 4.83. The lowest BCUT2D eigenvalue weighted by atomic mass is 10.0. The van der Waals surface area contributed by atoms with E-state index in [0.717, 1.165) is 18.2 Å². The van der Waals surface area contributed by atoms with Crippen molar-refractivity contribution in [3.8, 4) is 17.2 Å². The van der Waals surface area contributed by atoms with E-state index >= 15 is 0 Å². The standard InChI is InChI=1S/C13H5BrF3N/c14-8-2-1-3-9(15)12(8)13-10(16)4-7(6-18)5-11(13)17/h1-5H. The van der Waals surface area contributed by atoms with Crippen molar-refractivity contribution in [1.82, 2.24) is 0 Å². The van der Waals surface area contributed by atoms with E-state index in [1.54, 1.807) is 6.07 Å². The Morgan fingerprint density at radius 1 is 0.944 bits per heavy atom. The summed E-state index contributed by atoms with van der Waals surface area (Å²) in [5.74, 6) is -2.69. The van der Waals surface area contributed by atoms with Crippen LogP contribution >= 0.6 is 15.9 Å². The fourth-order valence-electron chi connectivity index (χ4n) is 1.61. The first-order valence-corrected chi connectivity index (χ1v) is 5.67. The summed E-state index contributed by atoms with van der Waals surface area (Å²) in [6, 6.07) is 7.38. The van der Waals surface area contributed by atoms with E-state index in [1.807, 2.05) is 0 Å².